The predicted octanol–water partition coefficient (Wildman–Crippen LogP) is 3.53. The van der Waals surface area contributed by atoms with E-state index in [2.05, 4.69) is 5.32 Å². The molecule has 0 spiro atoms. The molecule has 136 valence electrons. The summed E-state index contributed by atoms with van der Waals surface area (Å²) in [5.74, 6) is -0.0147. The number of carbonyl (C=O) groups is 2. The van der Waals surface area contributed by atoms with Crippen LogP contribution in [0.15, 0.2) is 54.6 Å². The quantitative estimate of drug-likeness (QED) is 0.865. The lowest BCUT2D eigenvalue weighted by molar-refractivity contribution is -0.133. The van der Waals surface area contributed by atoms with Crippen LogP contribution in [0.5, 0.6) is 0 Å². The van der Waals surface area contributed by atoms with Crippen molar-refractivity contribution in [2.75, 3.05) is 19.0 Å². The molecule has 26 heavy (non-hydrogen) atoms. The summed E-state index contributed by atoms with van der Waals surface area (Å²) < 4.78 is 5.37. The second-order valence-corrected chi connectivity index (χ2v) is 6.49. The minimum atomic E-state index is -0.663. The van der Waals surface area contributed by atoms with E-state index >= 15 is 0 Å². The molecule has 1 aliphatic heterocycles. The SMILES string of the molecule is CO[C@H](C(=O)Nc1cccc(CN2CCCCC2=O)c1)c1ccccc1. The highest BCUT2D eigenvalue weighted by Crippen LogP contribution is 2.21. The molecule has 1 N–H and O–H groups in total. The first kappa shape index (κ1) is 18.1. The van der Waals surface area contributed by atoms with Crippen LogP contribution < -0.4 is 5.32 Å². The average molecular weight is 352 g/mol. The van der Waals surface area contributed by atoms with E-state index in [1.807, 2.05) is 59.5 Å². The maximum Gasteiger partial charge on any atom is 0.258 e. The first-order valence-electron chi connectivity index (χ1n) is 8.92. The van der Waals surface area contributed by atoms with Crippen molar-refractivity contribution in [2.45, 2.75) is 31.9 Å². The molecule has 3 rings (SSSR count). The Morgan fingerprint density at radius 3 is 2.69 bits per heavy atom. The molecule has 1 fully saturated rings. The summed E-state index contributed by atoms with van der Waals surface area (Å²) in [6.07, 6.45) is 1.99. The van der Waals surface area contributed by atoms with Crippen LogP contribution in [-0.2, 0) is 20.9 Å². The number of hydrogen-bond acceptors (Lipinski definition) is 3. The minimum absolute atomic E-state index is 0.203. The lowest BCUT2D eigenvalue weighted by atomic mass is 10.1. The third kappa shape index (κ3) is 4.49. The topological polar surface area (TPSA) is 58.6 Å². The molecule has 2 amide bonds. The third-order valence-corrected chi connectivity index (χ3v) is 4.57. The number of nitrogens with one attached hydrogen (secondary N) is 1. The number of nitrogens with zero attached hydrogens (tertiary/aromatic N) is 1. The minimum Gasteiger partial charge on any atom is -0.367 e. The van der Waals surface area contributed by atoms with Crippen LogP contribution in [-0.4, -0.2) is 30.4 Å². The summed E-state index contributed by atoms with van der Waals surface area (Å²) in [5.41, 5.74) is 2.52. The monoisotopic (exact) mass is 352 g/mol. The molecule has 0 saturated carbocycles. The molecule has 2 aromatic carbocycles. The van der Waals surface area contributed by atoms with E-state index < -0.39 is 6.10 Å². The molecule has 0 aliphatic carbocycles. The van der Waals surface area contributed by atoms with Gasteiger partial charge in [0.15, 0.2) is 6.10 Å². The molecule has 2 aromatic rings. The van der Waals surface area contributed by atoms with Gasteiger partial charge < -0.3 is 15.0 Å². The van der Waals surface area contributed by atoms with Crippen molar-refractivity contribution in [3.63, 3.8) is 0 Å². The normalized spacial score (nSPS) is 15.6. The van der Waals surface area contributed by atoms with Crippen LogP contribution in [0.2, 0.25) is 0 Å². The number of amides is 2. The maximum atomic E-state index is 12.6. The lowest BCUT2D eigenvalue weighted by Gasteiger charge is -2.27. The van der Waals surface area contributed by atoms with Gasteiger partial charge in [-0.1, -0.05) is 42.5 Å². The van der Waals surface area contributed by atoms with E-state index in [1.54, 1.807) is 0 Å². The molecular formula is C21H24N2O3. The summed E-state index contributed by atoms with van der Waals surface area (Å²) in [6, 6.07) is 17.0. The van der Waals surface area contributed by atoms with Gasteiger partial charge in [-0.3, -0.25) is 9.59 Å². The molecule has 1 saturated heterocycles. The van der Waals surface area contributed by atoms with Crippen LogP contribution in [0, 0.1) is 0 Å². The fourth-order valence-corrected chi connectivity index (χ4v) is 3.23. The molecule has 0 aromatic heterocycles. The van der Waals surface area contributed by atoms with Crippen LogP contribution in [0.3, 0.4) is 0 Å². The maximum absolute atomic E-state index is 12.6. The number of methoxy groups -OCH3 is 1. The largest absolute Gasteiger partial charge is 0.367 e. The average Bonchev–Trinajstić information content (AvgIpc) is 2.65. The molecule has 0 unspecified atom stereocenters. The number of hydrogen-bond donors (Lipinski definition) is 1. The van der Waals surface area contributed by atoms with E-state index in [4.69, 9.17) is 4.74 Å². The molecule has 1 aliphatic rings. The zero-order valence-electron chi connectivity index (χ0n) is 15.0. The highest BCUT2D eigenvalue weighted by Gasteiger charge is 2.21. The van der Waals surface area contributed by atoms with Crippen molar-refractivity contribution in [1.29, 1.82) is 0 Å². The van der Waals surface area contributed by atoms with E-state index in [1.165, 1.54) is 7.11 Å². The van der Waals surface area contributed by atoms with Gasteiger partial charge in [-0.25, -0.2) is 0 Å². The Balaban J connectivity index is 1.68. The number of benzene rings is 2. The van der Waals surface area contributed by atoms with Crippen molar-refractivity contribution in [2.24, 2.45) is 0 Å². The molecule has 0 bridgehead atoms. The Kier molecular flexibility index (Phi) is 6.02. The van der Waals surface area contributed by atoms with Crippen LogP contribution >= 0.6 is 0 Å². The standard InChI is InChI=1S/C21H24N2O3/c1-26-20(17-9-3-2-4-10-17)21(25)22-18-11-7-8-16(14-18)15-23-13-6-5-12-19(23)24/h2-4,7-11,14,20H,5-6,12-13,15H2,1H3,(H,22,25)/t20-/m0/s1. The molecule has 1 atom stereocenters. The summed E-state index contributed by atoms with van der Waals surface area (Å²) >= 11 is 0. The number of likely N-dealkylation sites (tertiary alicyclic amines) is 1. The van der Waals surface area contributed by atoms with Crippen molar-refractivity contribution >= 4 is 17.5 Å². The highest BCUT2D eigenvalue weighted by atomic mass is 16.5. The molecule has 1 heterocycles. The van der Waals surface area contributed by atoms with Gasteiger partial charge in [-0.15, -0.1) is 0 Å². The van der Waals surface area contributed by atoms with E-state index in [0.717, 1.165) is 30.5 Å². The summed E-state index contributed by atoms with van der Waals surface area (Å²) in [6.45, 7) is 1.38. The van der Waals surface area contributed by atoms with Crippen molar-refractivity contribution in [1.82, 2.24) is 4.90 Å². The smallest absolute Gasteiger partial charge is 0.258 e. The third-order valence-electron chi connectivity index (χ3n) is 4.57. The zero-order chi connectivity index (χ0) is 18.4. The van der Waals surface area contributed by atoms with Crippen LogP contribution in [0.1, 0.15) is 36.5 Å². The number of piperidine rings is 1. The molecule has 5 nitrogen and oxygen atoms in total. The Bertz CT molecular complexity index is 761. The van der Waals surface area contributed by atoms with Gasteiger partial charge in [0.05, 0.1) is 0 Å². The summed E-state index contributed by atoms with van der Waals surface area (Å²) in [4.78, 5) is 26.5. The Hall–Kier alpha value is -2.66. The van der Waals surface area contributed by atoms with Crippen molar-refractivity contribution < 1.29 is 14.3 Å². The van der Waals surface area contributed by atoms with Gasteiger partial charge in [-0.05, 0) is 36.1 Å². The van der Waals surface area contributed by atoms with Crippen LogP contribution in [0.4, 0.5) is 5.69 Å². The van der Waals surface area contributed by atoms with Gasteiger partial charge >= 0.3 is 0 Å². The number of carbonyl (C=O) groups excluding carboxylic acids is 2. The van der Waals surface area contributed by atoms with Gasteiger partial charge in [0.2, 0.25) is 5.91 Å². The van der Waals surface area contributed by atoms with E-state index in [-0.39, 0.29) is 11.8 Å². The molecular weight excluding hydrogens is 328 g/mol. The van der Waals surface area contributed by atoms with Crippen molar-refractivity contribution in [3.8, 4) is 0 Å². The number of ether oxygens (including phenoxy) is 1. The second-order valence-electron chi connectivity index (χ2n) is 6.49. The van der Waals surface area contributed by atoms with Gasteiger partial charge in [0.25, 0.3) is 5.91 Å². The lowest BCUT2D eigenvalue weighted by Crippen LogP contribution is -2.34. The zero-order valence-corrected chi connectivity index (χ0v) is 15.0. The number of rotatable bonds is 6. The highest BCUT2D eigenvalue weighted by molar-refractivity contribution is 5.95. The second kappa shape index (κ2) is 8.63. The summed E-state index contributed by atoms with van der Waals surface area (Å²) in [7, 11) is 1.52. The fraction of sp³-hybridized carbons (Fsp3) is 0.333. The molecule has 0 radical (unpaired) electrons. The van der Waals surface area contributed by atoms with Gasteiger partial charge in [-0.2, -0.15) is 0 Å². The summed E-state index contributed by atoms with van der Waals surface area (Å²) in [5, 5.41) is 2.91. The first-order chi connectivity index (χ1) is 12.7. The Morgan fingerprint density at radius 1 is 1.15 bits per heavy atom. The van der Waals surface area contributed by atoms with Gasteiger partial charge in [0.1, 0.15) is 0 Å². The van der Waals surface area contributed by atoms with E-state index in [0.29, 0.717) is 18.7 Å². The predicted molar refractivity (Wildman–Crippen MR) is 101 cm³/mol. The first-order valence-corrected chi connectivity index (χ1v) is 8.92. The van der Waals surface area contributed by atoms with Gasteiger partial charge in [0, 0.05) is 32.3 Å². The molecule has 5 heteroatoms. The Labute approximate surface area is 154 Å². The Morgan fingerprint density at radius 2 is 1.96 bits per heavy atom. The number of anilines is 1. The fourth-order valence-electron chi connectivity index (χ4n) is 3.23. The van der Waals surface area contributed by atoms with Crippen LogP contribution in [0.25, 0.3) is 0 Å². The van der Waals surface area contributed by atoms with Crippen molar-refractivity contribution in [3.05, 3.63) is 65.7 Å². The van der Waals surface area contributed by atoms with E-state index in [9.17, 15) is 9.59 Å².